The lowest BCUT2D eigenvalue weighted by Crippen LogP contribution is -2.38. The van der Waals surface area contributed by atoms with Gasteiger partial charge < -0.3 is 4.90 Å². The largest absolute Gasteiger partial charge is 0.371 e. The third-order valence-corrected chi connectivity index (χ3v) is 4.59. The molecular formula is C16H25ClN2. The molecule has 0 saturated carbocycles. The molecule has 2 rings (SSSR count). The number of alkyl halides is 1. The molecule has 0 unspecified atom stereocenters. The first-order valence-corrected chi connectivity index (χ1v) is 7.71. The lowest BCUT2D eigenvalue weighted by molar-refractivity contribution is 0.199. The molecule has 0 aliphatic carbocycles. The van der Waals surface area contributed by atoms with Crippen LogP contribution in [0.4, 0.5) is 5.69 Å². The molecule has 3 heteroatoms. The molecule has 0 N–H and O–H groups in total. The fourth-order valence-electron chi connectivity index (χ4n) is 2.96. The smallest absolute Gasteiger partial charge is 0.0509 e. The number of piperidine rings is 1. The van der Waals surface area contributed by atoms with Gasteiger partial charge in [0.1, 0.15) is 0 Å². The minimum absolute atomic E-state index is 0.426. The molecule has 0 amide bonds. The van der Waals surface area contributed by atoms with Crippen LogP contribution in [0.5, 0.6) is 0 Å². The first kappa shape index (κ1) is 14.6. The number of hydrogen-bond acceptors (Lipinski definition) is 2. The van der Waals surface area contributed by atoms with Gasteiger partial charge in [0.25, 0.3) is 0 Å². The molecule has 19 heavy (non-hydrogen) atoms. The first-order valence-electron chi connectivity index (χ1n) is 7.18. The van der Waals surface area contributed by atoms with Crippen molar-refractivity contribution in [2.75, 3.05) is 18.0 Å². The minimum atomic E-state index is 0.426. The van der Waals surface area contributed by atoms with Crippen molar-refractivity contribution in [3.8, 4) is 0 Å². The molecule has 1 fully saturated rings. The van der Waals surface area contributed by atoms with E-state index in [0.29, 0.717) is 11.3 Å². The molecule has 0 atom stereocenters. The summed E-state index contributed by atoms with van der Waals surface area (Å²) >= 11 is 6.04. The van der Waals surface area contributed by atoms with Crippen molar-refractivity contribution in [1.29, 1.82) is 0 Å². The highest BCUT2D eigenvalue weighted by molar-refractivity contribution is 6.17. The van der Waals surface area contributed by atoms with Crippen LogP contribution in [0.25, 0.3) is 0 Å². The van der Waals surface area contributed by atoms with Crippen LogP contribution in [0.1, 0.15) is 44.9 Å². The van der Waals surface area contributed by atoms with Gasteiger partial charge in [-0.05, 0) is 37.2 Å². The molecule has 0 bridgehead atoms. The predicted octanol–water partition coefficient (Wildman–Crippen LogP) is 4.39. The molecule has 1 aliphatic rings. The SMILES string of the molecule is Cc1cc(N2CCC(C(C)(C)C)CC2)c(CCl)cn1. The van der Waals surface area contributed by atoms with Gasteiger partial charge in [-0.15, -0.1) is 11.6 Å². The maximum Gasteiger partial charge on any atom is 0.0509 e. The van der Waals surface area contributed by atoms with Crippen LogP contribution in [0.15, 0.2) is 12.3 Å². The van der Waals surface area contributed by atoms with Crippen LogP contribution < -0.4 is 4.90 Å². The normalized spacial score (nSPS) is 17.8. The Morgan fingerprint density at radius 3 is 2.47 bits per heavy atom. The van der Waals surface area contributed by atoms with E-state index < -0.39 is 0 Å². The maximum absolute atomic E-state index is 6.04. The zero-order valence-corrected chi connectivity index (χ0v) is 13.3. The molecular weight excluding hydrogens is 256 g/mol. The highest BCUT2D eigenvalue weighted by Crippen LogP contribution is 2.36. The van der Waals surface area contributed by atoms with E-state index in [2.05, 4.69) is 36.7 Å². The molecule has 106 valence electrons. The fraction of sp³-hybridized carbons (Fsp3) is 0.688. The Kier molecular flexibility index (Phi) is 4.39. The summed E-state index contributed by atoms with van der Waals surface area (Å²) in [7, 11) is 0. The third kappa shape index (κ3) is 3.42. The van der Waals surface area contributed by atoms with E-state index in [1.165, 1.54) is 18.5 Å². The fourth-order valence-corrected chi connectivity index (χ4v) is 3.16. The zero-order chi connectivity index (χ0) is 14.0. The lowest BCUT2D eigenvalue weighted by atomic mass is 9.75. The Balaban J connectivity index is 2.11. The Hall–Kier alpha value is -0.760. The number of rotatable bonds is 2. The Labute approximate surface area is 122 Å². The van der Waals surface area contributed by atoms with E-state index in [1.54, 1.807) is 0 Å². The van der Waals surface area contributed by atoms with E-state index in [4.69, 9.17) is 11.6 Å². The maximum atomic E-state index is 6.04. The number of aromatic nitrogens is 1. The highest BCUT2D eigenvalue weighted by Gasteiger charge is 2.29. The van der Waals surface area contributed by atoms with E-state index >= 15 is 0 Å². The van der Waals surface area contributed by atoms with Gasteiger partial charge in [-0.3, -0.25) is 4.98 Å². The molecule has 1 aliphatic heterocycles. The number of anilines is 1. The Morgan fingerprint density at radius 1 is 1.32 bits per heavy atom. The highest BCUT2D eigenvalue weighted by atomic mass is 35.5. The topological polar surface area (TPSA) is 16.1 Å². The summed E-state index contributed by atoms with van der Waals surface area (Å²) < 4.78 is 0. The standard InChI is InChI=1S/C16H25ClN2/c1-12-9-15(13(10-17)11-18-12)19-7-5-14(6-8-19)16(2,3)4/h9,11,14H,5-8,10H2,1-4H3. The molecule has 1 saturated heterocycles. The van der Waals surface area contributed by atoms with Crippen molar-refractivity contribution in [3.63, 3.8) is 0 Å². The van der Waals surface area contributed by atoms with E-state index in [-0.39, 0.29) is 0 Å². The molecule has 2 nitrogen and oxygen atoms in total. The summed E-state index contributed by atoms with van der Waals surface area (Å²) in [5.74, 6) is 1.37. The van der Waals surface area contributed by atoms with Crippen molar-refractivity contribution >= 4 is 17.3 Å². The number of aryl methyl sites for hydroxylation is 1. The summed E-state index contributed by atoms with van der Waals surface area (Å²) in [4.78, 5) is 6.83. The van der Waals surface area contributed by atoms with Crippen LogP contribution in [0.2, 0.25) is 0 Å². The predicted molar refractivity (Wildman–Crippen MR) is 82.9 cm³/mol. The van der Waals surface area contributed by atoms with Gasteiger partial charge in [0.05, 0.1) is 5.88 Å². The van der Waals surface area contributed by atoms with Crippen LogP contribution in [0.3, 0.4) is 0 Å². The van der Waals surface area contributed by atoms with Crippen LogP contribution in [-0.4, -0.2) is 18.1 Å². The van der Waals surface area contributed by atoms with E-state index in [0.717, 1.165) is 30.3 Å². The molecule has 1 aromatic heterocycles. The van der Waals surface area contributed by atoms with Crippen molar-refractivity contribution in [1.82, 2.24) is 4.98 Å². The second kappa shape index (κ2) is 5.70. The van der Waals surface area contributed by atoms with Crippen LogP contribution in [-0.2, 0) is 5.88 Å². The first-order chi connectivity index (χ1) is 8.91. The molecule has 0 spiro atoms. The van der Waals surface area contributed by atoms with Crippen molar-refractivity contribution < 1.29 is 0 Å². The summed E-state index contributed by atoms with van der Waals surface area (Å²) in [5, 5.41) is 0. The number of halogens is 1. The van der Waals surface area contributed by atoms with Gasteiger partial charge in [-0.2, -0.15) is 0 Å². The summed E-state index contributed by atoms with van der Waals surface area (Å²) in [6.45, 7) is 11.4. The molecule has 0 radical (unpaired) electrons. The van der Waals surface area contributed by atoms with Gasteiger partial charge >= 0.3 is 0 Å². The van der Waals surface area contributed by atoms with Crippen LogP contribution in [0, 0.1) is 18.3 Å². The van der Waals surface area contributed by atoms with Gasteiger partial charge in [-0.25, -0.2) is 0 Å². The summed E-state index contributed by atoms with van der Waals surface area (Å²) in [6, 6.07) is 2.18. The van der Waals surface area contributed by atoms with Gasteiger partial charge in [0.15, 0.2) is 0 Å². The molecule has 2 heterocycles. The minimum Gasteiger partial charge on any atom is -0.371 e. The quantitative estimate of drug-likeness (QED) is 0.747. The second-order valence-corrected chi connectivity index (χ2v) is 6.98. The van der Waals surface area contributed by atoms with Crippen LogP contribution >= 0.6 is 11.6 Å². The zero-order valence-electron chi connectivity index (χ0n) is 12.5. The molecule has 1 aromatic rings. The number of hydrogen-bond donors (Lipinski definition) is 0. The third-order valence-electron chi connectivity index (χ3n) is 4.30. The van der Waals surface area contributed by atoms with Crippen molar-refractivity contribution in [2.45, 2.75) is 46.4 Å². The van der Waals surface area contributed by atoms with E-state index in [1.807, 2.05) is 13.1 Å². The summed E-state index contributed by atoms with van der Waals surface area (Å²) in [6.07, 6.45) is 4.46. The van der Waals surface area contributed by atoms with Crippen molar-refractivity contribution in [2.24, 2.45) is 11.3 Å². The average molecular weight is 281 g/mol. The second-order valence-electron chi connectivity index (χ2n) is 6.72. The Morgan fingerprint density at radius 2 is 1.95 bits per heavy atom. The molecule has 0 aromatic carbocycles. The summed E-state index contributed by atoms with van der Waals surface area (Å²) in [5.41, 5.74) is 3.94. The lowest BCUT2D eigenvalue weighted by Gasteiger charge is -2.40. The average Bonchev–Trinajstić information content (AvgIpc) is 2.38. The van der Waals surface area contributed by atoms with Gasteiger partial charge in [0.2, 0.25) is 0 Å². The number of nitrogens with zero attached hydrogens (tertiary/aromatic N) is 2. The van der Waals surface area contributed by atoms with Gasteiger partial charge in [0, 0.05) is 36.2 Å². The number of pyridine rings is 1. The van der Waals surface area contributed by atoms with E-state index in [9.17, 15) is 0 Å². The van der Waals surface area contributed by atoms with Gasteiger partial charge in [-0.1, -0.05) is 20.8 Å². The van der Waals surface area contributed by atoms with Crippen molar-refractivity contribution in [3.05, 3.63) is 23.5 Å². The monoisotopic (exact) mass is 280 g/mol. The Bertz CT molecular complexity index is 429.